The number of amides is 1. The van der Waals surface area contributed by atoms with Crippen molar-refractivity contribution in [1.82, 2.24) is 0 Å². The van der Waals surface area contributed by atoms with Gasteiger partial charge in [0.05, 0.1) is 28.8 Å². The zero-order valence-corrected chi connectivity index (χ0v) is 21.2. The number of hydrogen-bond acceptors (Lipinski definition) is 5. The van der Waals surface area contributed by atoms with Crippen molar-refractivity contribution in [2.45, 2.75) is 13.0 Å². The van der Waals surface area contributed by atoms with Crippen molar-refractivity contribution < 1.29 is 19.4 Å². The van der Waals surface area contributed by atoms with Crippen LogP contribution in [0.3, 0.4) is 0 Å². The quantitative estimate of drug-likeness (QED) is 0.259. The van der Waals surface area contributed by atoms with E-state index in [0.29, 0.717) is 11.3 Å². The third kappa shape index (κ3) is 4.47. The lowest BCUT2D eigenvalue weighted by Gasteiger charge is -2.26. The van der Waals surface area contributed by atoms with Gasteiger partial charge in [0, 0.05) is 31.0 Å². The molecule has 4 rings (SSSR count). The van der Waals surface area contributed by atoms with Gasteiger partial charge in [-0.1, -0.05) is 53.0 Å². The number of aliphatic hydroxyl groups excluding tert-OH is 1. The summed E-state index contributed by atoms with van der Waals surface area (Å²) < 4.78 is 5.18. The van der Waals surface area contributed by atoms with Crippen molar-refractivity contribution in [2.24, 2.45) is 0 Å². The van der Waals surface area contributed by atoms with Crippen LogP contribution < -0.4 is 14.5 Å². The number of nitrogens with zero attached hydrogens (tertiary/aromatic N) is 2. The number of ether oxygens (including phenoxy) is 1. The second-order valence-corrected chi connectivity index (χ2v) is 9.28. The van der Waals surface area contributed by atoms with E-state index in [4.69, 9.17) is 27.9 Å². The zero-order valence-electron chi connectivity index (χ0n) is 19.7. The number of rotatable bonds is 5. The molecule has 3 aromatic carbocycles. The van der Waals surface area contributed by atoms with E-state index in [2.05, 4.69) is 0 Å². The van der Waals surface area contributed by atoms with Crippen LogP contribution in [0.5, 0.6) is 5.75 Å². The monoisotopic (exact) mass is 510 g/mol. The van der Waals surface area contributed by atoms with Crippen LogP contribution in [0.2, 0.25) is 10.0 Å². The van der Waals surface area contributed by atoms with Gasteiger partial charge in [-0.2, -0.15) is 0 Å². The summed E-state index contributed by atoms with van der Waals surface area (Å²) in [6.45, 7) is 1.94. The molecule has 0 bridgehead atoms. The molecular formula is C27H24Cl2N2O4. The molecule has 180 valence electrons. The highest BCUT2D eigenvalue weighted by atomic mass is 35.5. The Morgan fingerprint density at radius 1 is 0.971 bits per heavy atom. The molecule has 1 fully saturated rings. The normalized spacial score (nSPS) is 17.1. The Morgan fingerprint density at radius 3 is 2.06 bits per heavy atom. The van der Waals surface area contributed by atoms with Gasteiger partial charge < -0.3 is 14.7 Å². The first-order valence-corrected chi connectivity index (χ1v) is 11.6. The maximum atomic E-state index is 13.3. The fraction of sp³-hybridized carbons (Fsp3) is 0.185. The van der Waals surface area contributed by atoms with Crippen LogP contribution >= 0.6 is 23.2 Å². The van der Waals surface area contributed by atoms with E-state index < -0.39 is 17.7 Å². The molecule has 35 heavy (non-hydrogen) atoms. The first-order chi connectivity index (χ1) is 16.6. The van der Waals surface area contributed by atoms with Crippen LogP contribution in [-0.4, -0.2) is 38.0 Å². The highest BCUT2D eigenvalue weighted by molar-refractivity contribution is 6.51. The van der Waals surface area contributed by atoms with Gasteiger partial charge >= 0.3 is 0 Å². The summed E-state index contributed by atoms with van der Waals surface area (Å²) in [5, 5.41) is 11.7. The summed E-state index contributed by atoms with van der Waals surface area (Å²) in [5.74, 6) is -1.65. The van der Waals surface area contributed by atoms with Crippen LogP contribution in [0.15, 0.2) is 66.2 Å². The fourth-order valence-electron chi connectivity index (χ4n) is 4.12. The number of benzene rings is 3. The number of methoxy groups -OCH3 is 1. The van der Waals surface area contributed by atoms with E-state index in [0.717, 1.165) is 11.3 Å². The summed E-state index contributed by atoms with van der Waals surface area (Å²) in [6, 6.07) is 16.8. The van der Waals surface area contributed by atoms with E-state index in [-0.39, 0.29) is 32.7 Å². The highest BCUT2D eigenvalue weighted by Crippen LogP contribution is 2.44. The highest BCUT2D eigenvalue weighted by Gasteiger charge is 2.47. The van der Waals surface area contributed by atoms with Gasteiger partial charge in [-0.3, -0.25) is 14.5 Å². The molecule has 1 N–H and O–H groups in total. The van der Waals surface area contributed by atoms with Gasteiger partial charge in [-0.05, 0) is 48.9 Å². The summed E-state index contributed by atoms with van der Waals surface area (Å²) in [5.41, 5.74) is 3.34. The Balaban J connectivity index is 1.94. The van der Waals surface area contributed by atoms with E-state index in [9.17, 15) is 14.7 Å². The third-order valence-electron chi connectivity index (χ3n) is 5.96. The maximum absolute atomic E-state index is 13.3. The minimum absolute atomic E-state index is 0.0505. The van der Waals surface area contributed by atoms with Crippen molar-refractivity contribution in [2.75, 3.05) is 31.0 Å². The number of Topliss-reactive ketones (excluding diaryl/α,β-unsaturated/α-hetero) is 1. The van der Waals surface area contributed by atoms with Gasteiger partial charge in [-0.25, -0.2) is 0 Å². The molecule has 0 aromatic heterocycles. The molecule has 0 spiro atoms. The van der Waals surface area contributed by atoms with E-state index in [1.807, 2.05) is 62.3 Å². The second-order valence-electron chi connectivity index (χ2n) is 8.46. The van der Waals surface area contributed by atoms with Crippen molar-refractivity contribution in [3.63, 3.8) is 0 Å². The molecule has 8 heteroatoms. The Labute approximate surface area is 213 Å². The maximum Gasteiger partial charge on any atom is 0.300 e. The smallest absolute Gasteiger partial charge is 0.300 e. The van der Waals surface area contributed by atoms with Crippen molar-refractivity contribution in [3.8, 4) is 5.75 Å². The fourth-order valence-corrected chi connectivity index (χ4v) is 4.76. The number of carbonyl (C=O) groups is 2. The van der Waals surface area contributed by atoms with E-state index in [1.165, 1.54) is 24.1 Å². The summed E-state index contributed by atoms with van der Waals surface area (Å²) in [6.07, 6.45) is 0. The predicted molar refractivity (Wildman–Crippen MR) is 140 cm³/mol. The topological polar surface area (TPSA) is 70.1 Å². The molecule has 1 aliphatic heterocycles. The SMILES string of the molecule is COc1c(Cl)cc(/C(O)=C2\C(=O)C(=O)N(c3ccc(C)cc3)C2c2ccc(N(C)C)cc2)cc1Cl. The van der Waals surface area contributed by atoms with Crippen molar-refractivity contribution in [3.05, 3.63) is 93.0 Å². The number of ketones is 1. The molecule has 0 saturated carbocycles. The number of carbonyl (C=O) groups excluding carboxylic acids is 2. The molecule has 1 unspecified atom stereocenters. The number of anilines is 2. The van der Waals surface area contributed by atoms with Gasteiger partial charge in [0.2, 0.25) is 0 Å². The van der Waals surface area contributed by atoms with Crippen molar-refractivity contribution >= 4 is 52.0 Å². The predicted octanol–water partition coefficient (Wildman–Crippen LogP) is 6.00. The minimum atomic E-state index is -0.853. The Hall–Kier alpha value is -3.48. The molecule has 1 aliphatic rings. The van der Waals surface area contributed by atoms with Crippen molar-refractivity contribution in [1.29, 1.82) is 0 Å². The van der Waals surface area contributed by atoms with E-state index >= 15 is 0 Å². The average molecular weight is 511 g/mol. The molecule has 3 aromatic rings. The van der Waals surface area contributed by atoms with Gasteiger partial charge in [0.1, 0.15) is 5.76 Å². The van der Waals surface area contributed by atoms with Crippen LogP contribution in [0.1, 0.15) is 22.7 Å². The lowest BCUT2D eigenvalue weighted by molar-refractivity contribution is -0.132. The van der Waals surface area contributed by atoms with Gasteiger partial charge in [0.15, 0.2) is 5.75 Å². The third-order valence-corrected chi connectivity index (χ3v) is 6.52. The van der Waals surface area contributed by atoms with Crippen LogP contribution in [0.25, 0.3) is 5.76 Å². The first-order valence-electron chi connectivity index (χ1n) is 10.8. The molecule has 0 radical (unpaired) electrons. The van der Waals surface area contributed by atoms with Gasteiger partial charge in [-0.15, -0.1) is 0 Å². The average Bonchev–Trinajstić information content (AvgIpc) is 3.09. The molecule has 1 atom stereocenters. The van der Waals surface area contributed by atoms with Gasteiger partial charge in [0.25, 0.3) is 11.7 Å². The van der Waals surface area contributed by atoms with E-state index in [1.54, 1.807) is 12.1 Å². The standard InChI is InChI=1S/C27H24Cl2N2O4/c1-15-5-9-19(10-6-15)31-23(16-7-11-18(12-8-16)30(2)3)22(25(33)27(31)34)24(32)17-13-20(28)26(35-4)21(29)14-17/h5-14,23,32H,1-4H3/b24-22+. The van der Waals surface area contributed by atoms with Crippen LogP contribution in [-0.2, 0) is 9.59 Å². The summed E-state index contributed by atoms with van der Waals surface area (Å²) in [4.78, 5) is 29.9. The lowest BCUT2D eigenvalue weighted by atomic mass is 9.94. The van der Waals surface area contributed by atoms with Crippen LogP contribution in [0, 0.1) is 6.92 Å². The molecule has 6 nitrogen and oxygen atoms in total. The zero-order chi connectivity index (χ0) is 25.4. The Bertz CT molecular complexity index is 1310. The summed E-state index contributed by atoms with van der Waals surface area (Å²) in [7, 11) is 5.27. The molecule has 1 heterocycles. The Morgan fingerprint density at radius 2 is 1.54 bits per heavy atom. The first kappa shape index (κ1) is 24.6. The number of aryl methyl sites for hydroxylation is 1. The summed E-state index contributed by atoms with van der Waals surface area (Å²) >= 11 is 12.6. The molecule has 1 amide bonds. The molecule has 1 saturated heterocycles. The largest absolute Gasteiger partial charge is 0.507 e. The number of hydrogen-bond donors (Lipinski definition) is 1. The second kappa shape index (κ2) is 9.64. The molecule has 0 aliphatic carbocycles. The van der Waals surface area contributed by atoms with Crippen LogP contribution in [0.4, 0.5) is 11.4 Å². The minimum Gasteiger partial charge on any atom is -0.507 e. The Kier molecular flexibility index (Phi) is 6.79. The molecular weight excluding hydrogens is 487 g/mol. The number of halogens is 2. The lowest BCUT2D eigenvalue weighted by Crippen LogP contribution is -2.29. The number of aliphatic hydroxyl groups is 1.